The molecule has 1 heterocycles. The molecule has 1 saturated heterocycles. The lowest BCUT2D eigenvalue weighted by molar-refractivity contribution is 0.214. The summed E-state index contributed by atoms with van der Waals surface area (Å²) in [6, 6.07) is 18.0. The lowest BCUT2D eigenvalue weighted by Crippen LogP contribution is -2.43. The van der Waals surface area contributed by atoms with Crippen LogP contribution in [-0.4, -0.2) is 32.2 Å². The van der Waals surface area contributed by atoms with Crippen LogP contribution in [0.5, 0.6) is 0 Å². The first kappa shape index (κ1) is 17.7. The van der Waals surface area contributed by atoms with Gasteiger partial charge in [0.15, 0.2) is 0 Å². The summed E-state index contributed by atoms with van der Waals surface area (Å²) >= 11 is 0. The van der Waals surface area contributed by atoms with Crippen molar-refractivity contribution < 1.29 is 8.42 Å². The summed E-state index contributed by atoms with van der Waals surface area (Å²) in [5, 5.41) is 0. The molecule has 1 fully saturated rings. The van der Waals surface area contributed by atoms with Gasteiger partial charge in [-0.25, -0.2) is 0 Å². The first-order valence-corrected chi connectivity index (χ1v) is 10.1. The predicted octanol–water partition coefficient (Wildman–Crippen LogP) is 3.80. The van der Waals surface area contributed by atoms with Gasteiger partial charge in [0.05, 0.1) is 4.90 Å². The Labute approximate surface area is 150 Å². The lowest BCUT2D eigenvalue weighted by Gasteiger charge is -2.37. The van der Waals surface area contributed by atoms with Crippen LogP contribution in [0.2, 0.25) is 0 Å². The Bertz CT molecular complexity index is 823. The fraction of sp³-hybridized carbons (Fsp3) is 0.350. The lowest BCUT2D eigenvalue weighted by atomic mass is 9.91. The molecule has 0 radical (unpaired) electrons. The van der Waals surface area contributed by atoms with E-state index in [0.717, 1.165) is 25.1 Å². The highest BCUT2D eigenvalue weighted by Crippen LogP contribution is 2.24. The number of hydrogen-bond donors (Lipinski definition) is 0. The van der Waals surface area contributed by atoms with Gasteiger partial charge in [-0.2, -0.15) is 8.42 Å². The minimum atomic E-state index is -3.75. The minimum Gasteiger partial charge on any atom is -0.355 e. The number of amidine groups is 1. The van der Waals surface area contributed by atoms with E-state index in [1.807, 2.05) is 30.3 Å². The molecule has 2 aromatic rings. The first-order chi connectivity index (χ1) is 12.0. The average Bonchev–Trinajstić information content (AvgIpc) is 2.60. The van der Waals surface area contributed by atoms with Crippen molar-refractivity contribution in [1.82, 2.24) is 4.90 Å². The summed E-state index contributed by atoms with van der Waals surface area (Å²) in [5.41, 5.74) is 0.836. The van der Waals surface area contributed by atoms with Crippen LogP contribution in [0.25, 0.3) is 0 Å². The van der Waals surface area contributed by atoms with Crippen molar-refractivity contribution in [3.8, 4) is 0 Å². The van der Waals surface area contributed by atoms with E-state index in [9.17, 15) is 8.42 Å². The van der Waals surface area contributed by atoms with Gasteiger partial charge in [0.2, 0.25) is 0 Å². The number of nitrogens with zero attached hydrogens (tertiary/aromatic N) is 2. The van der Waals surface area contributed by atoms with Crippen LogP contribution < -0.4 is 0 Å². The van der Waals surface area contributed by atoms with E-state index in [4.69, 9.17) is 0 Å². The Morgan fingerprint density at radius 3 is 2.00 bits per heavy atom. The summed E-state index contributed by atoms with van der Waals surface area (Å²) in [7, 11) is -3.75. The Balaban J connectivity index is 2.05. The number of piperidine rings is 1. The van der Waals surface area contributed by atoms with Crippen molar-refractivity contribution in [2.75, 3.05) is 13.1 Å². The molecule has 0 bridgehead atoms. The number of hydrogen-bond acceptors (Lipinski definition) is 2. The topological polar surface area (TPSA) is 49.7 Å². The minimum absolute atomic E-state index is 0.224. The Morgan fingerprint density at radius 2 is 1.44 bits per heavy atom. The molecule has 132 valence electrons. The largest absolute Gasteiger partial charge is 0.355 e. The maximum atomic E-state index is 12.8. The molecule has 0 aliphatic carbocycles. The van der Waals surface area contributed by atoms with Gasteiger partial charge in [0.25, 0.3) is 10.0 Å². The predicted molar refractivity (Wildman–Crippen MR) is 101 cm³/mol. The highest BCUT2D eigenvalue weighted by molar-refractivity contribution is 7.90. The van der Waals surface area contributed by atoms with E-state index in [2.05, 4.69) is 23.1 Å². The van der Waals surface area contributed by atoms with Crippen LogP contribution in [-0.2, 0) is 10.0 Å². The van der Waals surface area contributed by atoms with Crippen LogP contribution in [0, 0.1) is 11.8 Å². The van der Waals surface area contributed by atoms with E-state index in [1.54, 1.807) is 30.3 Å². The van der Waals surface area contributed by atoms with Crippen LogP contribution in [0.15, 0.2) is 70.0 Å². The molecule has 1 aliphatic heterocycles. The number of sulfonamides is 1. The molecule has 0 spiro atoms. The summed E-state index contributed by atoms with van der Waals surface area (Å²) in [5.74, 6) is 1.57. The van der Waals surface area contributed by atoms with Gasteiger partial charge in [-0.15, -0.1) is 4.40 Å². The second-order valence-electron chi connectivity index (χ2n) is 6.92. The molecule has 0 unspecified atom stereocenters. The molecular weight excluding hydrogens is 332 g/mol. The molecule has 4 nitrogen and oxygen atoms in total. The third kappa shape index (κ3) is 4.28. The van der Waals surface area contributed by atoms with Crippen molar-refractivity contribution >= 4 is 15.9 Å². The van der Waals surface area contributed by atoms with Crippen molar-refractivity contribution in [2.45, 2.75) is 25.2 Å². The maximum Gasteiger partial charge on any atom is 0.284 e. The molecule has 5 heteroatoms. The second-order valence-corrected chi connectivity index (χ2v) is 8.52. The first-order valence-electron chi connectivity index (χ1n) is 8.66. The molecule has 0 aromatic heterocycles. The Hall–Kier alpha value is -2.14. The molecule has 1 aliphatic rings. The molecule has 2 atom stereocenters. The summed E-state index contributed by atoms with van der Waals surface area (Å²) < 4.78 is 29.9. The SMILES string of the molecule is C[C@@H]1C[C@H](C)CN(C(=NS(=O)(=O)c2ccccc2)c2ccccc2)C1. The zero-order valence-electron chi connectivity index (χ0n) is 14.7. The van der Waals surface area contributed by atoms with Gasteiger partial charge in [-0.3, -0.25) is 0 Å². The molecule has 2 aromatic carbocycles. The summed E-state index contributed by atoms with van der Waals surface area (Å²) in [6.45, 7) is 6.05. The molecule has 0 amide bonds. The second kappa shape index (κ2) is 7.40. The van der Waals surface area contributed by atoms with Gasteiger partial charge < -0.3 is 4.90 Å². The highest BCUT2D eigenvalue weighted by atomic mass is 32.2. The molecule has 0 saturated carbocycles. The zero-order valence-corrected chi connectivity index (χ0v) is 15.5. The third-order valence-electron chi connectivity index (χ3n) is 4.45. The summed E-state index contributed by atoms with van der Waals surface area (Å²) in [6.07, 6.45) is 1.16. The summed E-state index contributed by atoms with van der Waals surface area (Å²) in [4.78, 5) is 2.34. The van der Waals surface area contributed by atoms with Gasteiger partial charge in [-0.1, -0.05) is 62.4 Å². The highest BCUT2D eigenvalue weighted by Gasteiger charge is 2.27. The van der Waals surface area contributed by atoms with Crippen molar-refractivity contribution in [3.63, 3.8) is 0 Å². The Morgan fingerprint density at radius 1 is 0.920 bits per heavy atom. The van der Waals surface area contributed by atoms with E-state index in [1.165, 1.54) is 0 Å². The van der Waals surface area contributed by atoms with E-state index < -0.39 is 10.0 Å². The Kier molecular flexibility index (Phi) is 5.23. The van der Waals surface area contributed by atoms with E-state index >= 15 is 0 Å². The maximum absolute atomic E-state index is 12.8. The van der Waals surface area contributed by atoms with E-state index in [0.29, 0.717) is 17.7 Å². The van der Waals surface area contributed by atoms with E-state index in [-0.39, 0.29) is 4.90 Å². The normalized spacial score (nSPS) is 22.0. The average molecular weight is 356 g/mol. The van der Waals surface area contributed by atoms with Crippen LogP contribution in [0.1, 0.15) is 25.8 Å². The van der Waals surface area contributed by atoms with Crippen LogP contribution in [0.3, 0.4) is 0 Å². The molecule has 3 rings (SSSR count). The standard InChI is InChI=1S/C20H24N2O2S/c1-16-13-17(2)15-22(14-16)20(18-9-5-3-6-10-18)21-25(23,24)19-11-7-4-8-12-19/h3-12,16-17H,13-15H2,1-2H3/t16-,17+. The van der Waals surface area contributed by atoms with Crippen molar-refractivity contribution in [3.05, 3.63) is 66.2 Å². The van der Waals surface area contributed by atoms with Gasteiger partial charge in [0.1, 0.15) is 5.84 Å². The van der Waals surface area contributed by atoms with Crippen molar-refractivity contribution in [2.24, 2.45) is 16.2 Å². The third-order valence-corrected chi connectivity index (χ3v) is 5.73. The molecule has 25 heavy (non-hydrogen) atoms. The fourth-order valence-corrected chi connectivity index (χ4v) is 4.53. The molecular formula is C20H24N2O2S. The monoisotopic (exact) mass is 356 g/mol. The zero-order chi connectivity index (χ0) is 17.9. The number of rotatable bonds is 3. The quantitative estimate of drug-likeness (QED) is 0.621. The van der Waals surface area contributed by atoms with Crippen molar-refractivity contribution in [1.29, 1.82) is 0 Å². The van der Waals surface area contributed by atoms with Gasteiger partial charge >= 0.3 is 0 Å². The number of likely N-dealkylation sites (tertiary alicyclic amines) is 1. The number of benzene rings is 2. The van der Waals surface area contributed by atoms with Gasteiger partial charge in [-0.05, 0) is 30.4 Å². The molecule has 0 N–H and O–H groups in total. The van der Waals surface area contributed by atoms with Crippen LogP contribution in [0.4, 0.5) is 0 Å². The smallest absolute Gasteiger partial charge is 0.284 e. The van der Waals surface area contributed by atoms with Crippen LogP contribution >= 0.6 is 0 Å². The van der Waals surface area contributed by atoms with Gasteiger partial charge in [0, 0.05) is 18.7 Å². The fourth-order valence-electron chi connectivity index (χ4n) is 3.48.